The zero-order chi connectivity index (χ0) is 16.1. The molecule has 0 spiro atoms. The van der Waals surface area contributed by atoms with Crippen LogP contribution in [-0.4, -0.2) is 14.8 Å². The van der Waals surface area contributed by atoms with Crippen molar-refractivity contribution in [2.24, 2.45) is 0 Å². The number of fused-ring (bicyclic) bond motifs is 3. The van der Waals surface area contributed by atoms with Gasteiger partial charge in [-0.05, 0) is 31.2 Å². The van der Waals surface area contributed by atoms with E-state index in [2.05, 4.69) is 10.1 Å². The van der Waals surface area contributed by atoms with Crippen LogP contribution in [0.1, 0.15) is 5.56 Å². The molecule has 2 aromatic carbocycles. The highest BCUT2D eigenvalue weighted by atomic mass is 19.1. The van der Waals surface area contributed by atoms with E-state index in [0.29, 0.717) is 11.3 Å². The van der Waals surface area contributed by atoms with Crippen LogP contribution in [0.3, 0.4) is 0 Å². The lowest BCUT2D eigenvalue weighted by Gasteiger charge is -2.03. The Morgan fingerprint density at radius 1 is 1.13 bits per heavy atom. The minimum absolute atomic E-state index is 0.202. The quantitative estimate of drug-likeness (QED) is 0.586. The van der Waals surface area contributed by atoms with E-state index in [4.69, 9.17) is 0 Å². The van der Waals surface area contributed by atoms with E-state index in [1.807, 2.05) is 25.1 Å². The molecule has 6 heteroatoms. The number of halogens is 2. The van der Waals surface area contributed by atoms with E-state index in [-0.39, 0.29) is 5.69 Å². The average Bonchev–Trinajstić information content (AvgIpc) is 2.87. The topological polar surface area (TPSA) is 50.7 Å². The SMILES string of the molecule is Cc1ccc2[nH]cc3c(=O)n(-c4cc(F)ccc4F)nc-3c2c1. The molecule has 114 valence electrons. The van der Waals surface area contributed by atoms with E-state index in [1.165, 1.54) is 6.20 Å². The minimum Gasteiger partial charge on any atom is -0.360 e. The normalized spacial score (nSPS) is 11.4. The fraction of sp³-hybridized carbons (Fsp3) is 0.0588. The molecule has 4 rings (SSSR count). The maximum atomic E-state index is 14.0. The van der Waals surface area contributed by atoms with Gasteiger partial charge in [-0.25, -0.2) is 8.78 Å². The highest BCUT2D eigenvalue weighted by Gasteiger charge is 2.20. The summed E-state index contributed by atoms with van der Waals surface area (Å²) in [6.45, 7) is 1.93. The Morgan fingerprint density at radius 2 is 1.96 bits per heavy atom. The fourth-order valence-electron chi connectivity index (χ4n) is 2.68. The summed E-state index contributed by atoms with van der Waals surface area (Å²) in [4.78, 5) is 15.5. The number of rotatable bonds is 1. The maximum absolute atomic E-state index is 14.0. The zero-order valence-corrected chi connectivity index (χ0v) is 12.1. The highest BCUT2D eigenvalue weighted by Crippen LogP contribution is 2.27. The molecule has 0 saturated heterocycles. The lowest BCUT2D eigenvalue weighted by atomic mass is 10.1. The molecular formula is C17H11F2N3O. The molecule has 1 N–H and O–H groups in total. The van der Waals surface area contributed by atoms with Crippen molar-refractivity contribution in [3.8, 4) is 16.9 Å². The van der Waals surface area contributed by atoms with Gasteiger partial charge in [-0.1, -0.05) is 11.6 Å². The van der Waals surface area contributed by atoms with Crippen molar-refractivity contribution in [3.63, 3.8) is 0 Å². The molecule has 0 unspecified atom stereocenters. The summed E-state index contributed by atoms with van der Waals surface area (Å²) in [6, 6.07) is 8.65. The van der Waals surface area contributed by atoms with Crippen molar-refractivity contribution in [2.45, 2.75) is 6.92 Å². The molecular weight excluding hydrogens is 300 g/mol. The van der Waals surface area contributed by atoms with E-state index >= 15 is 0 Å². The number of nitrogens with zero attached hydrogens (tertiary/aromatic N) is 2. The second-order valence-corrected chi connectivity index (χ2v) is 5.41. The van der Waals surface area contributed by atoms with Crippen LogP contribution >= 0.6 is 0 Å². The summed E-state index contributed by atoms with van der Waals surface area (Å²) in [5.41, 5.74) is 1.91. The molecule has 2 aromatic rings. The summed E-state index contributed by atoms with van der Waals surface area (Å²) in [6.07, 6.45) is 1.54. The number of nitrogens with one attached hydrogen (secondary N) is 1. The first-order valence-electron chi connectivity index (χ1n) is 7.01. The number of H-pyrrole nitrogens is 1. The van der Waals surface area contributed by atoms with Gasteiger partial charge in [0.15, 0.2) is 0 Å². The predicted octanol–water partition coefficient (Wildman–Crippen LogP) is 3.41. The summed E-state index contributed by atoms with van der Waals surface area (Å²) in [7, 11) is 0. The van der Waals surface area contributed by atoms with Crippen LogP contribution in [0, 0.1) is 18.6 Å². The molecule has 23 heavy (non-hydrogen) atoms. The molecule has 4 nitrogen and oxygen atoms in total. The number of aromatic amines is 1. The molecule has 0 aromatic heterocycles. The number of hydrogen-bond donors (Lipinski definition) is 1. The average molecular weight is 311 g/mol. The maximum Gasteiger partial charge on any atom is 0.282 e. The molecule has 2 aliphatic heterocycles. The standard InChI is InChI=1S/C17H11F2N3O/c1-9-2-5-14-11(6-9)16-12(8-20-14)17(23)22(21-16)15-7-10(18)3-4-13(15)19/h2-8,20H,1H3. The van der Waals surface area contributed by atoms with Gasteiger partial charge in [0.25, 0.3) is 5.56 Å². The third-order valence-electron chi connectivity index (χ3n) is 3.82. The lowest BCUT2D eigenvalue weighted by Crippen LogP contribution is -2.16. The fourth-order valence-corrected chi connectivity index (χ4v) is 2.68. The van der Waals surface area contributed by atoms with Crippen LogP contribution in [0.4, 0.5) is 8.78 Å². The molecule has 0 bridgehead atoms. The Kier molecular flexibility index (Phi) is 2.81. The molecule has 0 amide bonds. The molecule has 2 aliphatic rings. The van der Waals surface area contributed by atoms with Gasteiger partial charge in [-0.15, -0.1) is 0 Å². The van der Waals surface area contributed by atoms with Crippen LogP contribution in [0.25, 0.3) is 27.8 Å². The molecule has 0 aliphatic carbocycles. The van der Waals surface area contributed by atoms with Crippen molar-refractivity contribution >= 4 is 10.9 Å². The van der Waals surface area contributed by atoms with Gasteiger partial charge in [0.05, 0.1) is 5.56 Å². The Bertz CT molecular complexity index is 1080. The largest absolute Gasteiger partial charge is 0.360 e. The Labute approximate surface area is 129 Å². The molecule has 2 heterocycles. The number of aryl methyl sites for hydroxylation is 1. The van der Waals surface area contributed by atoms with Gasteiger partial charge in [-0.3, -0.25) is 4.79 Å². The van der Waals surface area contributed by atoms with Crippen LogP contribution in [0.5, 0.6) is 0 Å². The van der Waals surface area contributed by atoms with Crippen LogP contribution in [0.2, 0.25) is 0 Å². The number of pyridine rings is 1. The van der Waals surface area contributed by atoms with E-state index in [0.717, 1.165) is 39.3 Å². The summed E-state index contributed by atoms with van der Waals surface area (Å²) in [5, 5.41) is 4.99. The number of hydrogen-bond acceptors (Lipinski definition) is 2. The van der Waals surface area contributed by atoms with E-state index in [9.17, 15) is 13.6 Å². The molecule has 0 atom stereocenters. The van der Waals surface area contributed by atoms with Gasteiger partial charge >= 0.3 is 0 Å². The summed E-state index contributed by atoms with van der Waals surface area (Å²) in [5.74, 6) is -1.34. The summed E-state index contributed by atoms with van der Waals surface area (Å²) < 4.78 is 28.3. The summed E-state index contributed by atoms with van der Waals surface area (Å²) >= 11 is 0. The van der Waals surface area contributed by atoms with Gasteiger partial charge in [0, 0.05) is 23.2 Å². The Hall–Kier alpha value is -3.02. The third kappa shape index (κ3) is 2.03. The van der Waals surface area contributed by atoms with Crippen LogP contribution in [0.15, 0.2) is 47.4 Å². The Morgan fingerprint density at radius 3 is 2.78 bits per heavy atom. The van der Waals surface area contributed by atoms with Crippen molar-refractivity contribution in [2.75, 3.05) is 0 Å². The predicted molar refractivity (Wildman–Crippen MR) is 83.0 cm³/mol. The number of aromatic nitrogens is 3. The Balaban J connectivity index is 2.09. The van der Waals surface area contributed by atoms with Gasteiger partial charge in [0.2, 0.25) is 0 Å². The van der Waals surface area contributed by atoms with Crippen molar-refractivity contribution < 1.29 is 8.78 Å². The second kappa shape index (κ2) is 4.74. The van der Waals surface area contributed by atoms with E-state index < -0.39 is 17.2 Å². The van der Waals surface area contributed by atoms with Gasteiger partial charge in [0.1, 0.15) is 23.0 Å². The molecule has 0 saturated carbocycles. The van der Waals surface area contributed by atoms with Crippen LogP contribution in [-0.2, 0) is 0 Å². The molecule has 0 fully saturated rings. The van der Waals surface area contributed by atoms with Gasteiger partial charge in [-0.2, -0.15) is 9.78 Å². The van der Waals surface area contributed by atoms with Crippen molar-refractivity contribution in [3.05, 3.63) is 70.1 Å². The first kappa shape index (κ1) is 13.6. The monoisotopic (exact) mass is 311 g/mol. The zero-order valence-electron chi connectivity index (χ0n) is 12.1. The van der Waals surface area contributed by atoms with Crippen molar-refractivity contribution in [1.82, 2.24) is 14.8 Å². The minimum atomic E-state index is -0.708. The third-order valence-corrected chi connectivity index (χ3v) is 3.82. The van der Waals surface area contributed by atoms with Crippen LogP contribution < -0.4 is 5.56 Å². The van der Waals surface area contributed by atoms with Crippen molar-refractivity contribution in [1.29, 1.82) is 0 Å². The second-order valence-electron chi connectivity index (χ2n) is 5.41. The molecule has 0 radical (unpaired) electrons. The first-order chi connectivity index (χ1) is 11.0. The number of benzene rings is 2. The van der Waals surface area contributed by atoms with E-state index in [1.54, 1.807) is 0 Å². The lowest BCUT2D eigenvalue weighted by molar-refractivity contribution is 0.585. The first-order valence-corrected chi connectivity index (χ1v) is 7.01. The highest BCUT2D eigenvalue weighted by molar-refractivity contribution is 5.93. The smallest absolute Gasteiger partial charge is 0.282 e. The van der Waals surface area contributed by atoms with Gasteiger partial charge < -0.3 is 4.98 Å².